The smallest absolute Gasteiger partial charge is 0.408 e. The van der Waals surface area contributed by atoms with Crippen molar-refractivity contribution >= 4 is 35.5 Å². The molecule has 5 rings (SSSR count). The molecule has 5 fully saturated rings. The van der Waals surface area contributed by atoms with E-state index in [1.165, 1.54) is 4.90 Å². The Morgan fingerprint density at radius 3 is 2.48 bits per heavy atom. The lowest BCUT2D eigenvalue weighted by Gasteiger charge is -2.35. The third-order valence-corrected chi connectivity index (χ3v) is 10.8. The van der Waals surface area contributed by atoms with Gasteiger partial charge in [-0.2, -0.15) is 10.7 Å². The first-order valence-electron chi connectivity index (χ1n) is 17.6. The standard InChI is InChI=1S/C32H54ClN7O8/c1-31(2,3)48-30(46)34-23-10-8-6-4-5-7-9-20-17-32(20,29(44)45)35-27(42)24-16-21(18-39(24)28(23)43)40-37-26(36-38-40)19-11-12-25(22(33)15-19)47-14-13-41/h19-26,36-38,41H,4-18H2,1-3H3,(H,34,46)(H,35,42)(H,44,45)/t19?,20-,21?,22?,23-,24+,25?,26?,32+/m1/s1. The molecule has 0 bridgehead atoms. The maximum absolute atomic E-state index is 14.3. The molecular formula is C32H54ClN7O8. The normalized spacial score (nSPS) is 37.1. The van der Waals surface area contributed by atoms with Gasteiger partial charge in [-0.25, -0.2) is 20.4 Å². The lowest BCUT2D eigenvalue weighted by Crippen LogP contribution is -2.56. The van der Waals surface area contributed by atoms with Gasteiger partial charge in [0, 0.05) is 6.54 Å². The van der Waals surface area contributed by atoms with Crippen LogP contribution in [0.25, 0.3) is 0 Å². The van der Waals surface area contributed by atoms with Crippen LogP contribution >= 0.6 is 11.6 Å². The van der Waals surface area contributed by atoms with Crippen LogP contribution in [0.5, 0.6) is 0 Å². The molecule has 2 saturated carbocycles. The summed E-state index contributed by atoms with van der Waals surface area (Å²) in [6.07, 6.45) is 7.33. The van der Waals surface area contributed by atoms with Gasteiger partial charge < -0.3 is 35.2 Å². The molecule has 3 heterocycles. The number of nitrogens with zero attached hydrogens (tertiary/aromatic N) is 2. The van der Waals surface area contributed by atoms with Gasteiger partial charge in [-0.05, 0) is 77.6 Å². The van der Waals surface area contributed by atoms with E-state index < -0.39 is 47.1 Å². The van der Waals surface area contributed by atoms with E-state index in [1.807, 2.05) is 0 Å². The predicted octanol–water partition coefficient (Wildman–Crippen LogP) is 1.49. The van der Waals surface area contributed by atoms with Gasteiger partial charge in [-0.1, -0.05) is 32.1 Å². The first-order chi connectivity index (χ1) is 22.8. The number of carboxylic acids is 1. The maximum atomic E-state index is 14.3. The van der Waals surface area contributed by atoms with Crippen LogP contribution in [-0.2, 0) is 23.9 Å². The molecule has 9 atom stereocenters. The highest BCUT2D eigenvalue weighted by Gasteiger charge is 2.62. The number of carboxylic acid groups (broad SMARTS) is 1. The molecule has 15 nitrogen and oxygen atoms in total. The van der Waals surface area contributed by atoms with Gasteiger partial charge in [0.05, 0.1) is 36.9 Å². The van der Waals surface area contributed by atoms with Crippen molar-refractivity contribution in [3.05, 3.63) is 0 Å². The minimum Gasteiger partial charge on any atom is -0.479 e. The fourth-order valence-corrected chi connectivity index (χ4v) is 8.13. The summed E-state index contributed by atoms with van der Waals surface area (Å²) in [4.78, 5) is 55.0. The Morgan fingerprint density at radius 2 is 1.79 bits per heavy atom. The third-order valence-electron chi connectivity index (χ3n) is 10.4. The SMILES string of the molecule is CC(C)(C)OC(=O)N[C@@H]1CCCCCCC[C@@H]2C[C@]2(C(=O)O)NC(=O)[C@@H]2CC(N3NNC(C4CCC(OCCO)C(Cl)C4)N3)CN2C1=O. The number of hydrogen-bond donors (Lipinski definition) is 7. The van der Waals surface area contributed by atoms with Crippen LogP contribution in [0.1, 0.15) is 97.8 Å². The molecule has 272 valence electrons. The number of alkyl carbamates (subject to hydrolysis) is 1. The molecule has 0 aromatic carbocycles. The molecule has 0 aromatic rings. The molecule has 7 N–H and O–H groups in total. The van der Waals surface area contributed by atoms with Gasteiger partial charge in [0.25, 0.3) is 0 Å². The van der Waals surface area contributed by atoms with Crippen LogP contribution in [-0.4, -0.2) is 111 Å². The number of amides is 3. The Morgan fingerprint density at radius 1 is 1.06 bits per heavy atom. The summed E-state index contributed by atoms with van der Waals surface area (Å²) in [6.45, 7) is 5.62. The molecule has 0 radical (unpaired) electrons. The van der Waals surface area contributed by atoms with Crippen molar-refractivity contribution in [2.75, 3.05) is 19.8 Å². The lowest BCUT2D eigenvalue weighted by molar-refractivity contribution is -0.146. The molecule has 3 aliphatic heterocycles. The molecule has 0 aromatic heterocycles. The van der Waals surface area contributed by atoms with Gasteiger partial charge >= 0.3 is 12.1 Å². The van der Waals surface area contributed by atoms with Crippen LogP contribution in [0.2, 0.25) is 0 Å². The average molecular weight is 700 g/mol. The van der Waals surface area contributed by atoms with Crippen LogP contribution < -0.4 is 27.0 Å². The number of hydrazine groups is 3. The highest BCUT2D eigenvalue weighted by atomic mass is 35.5. The molecule has 0 spiro atoms. The second kappa shape index (κ2) is 15.7. The number of rotatable bonds is 7. The molecular weight excluding hydrogens is 646 g/mol. The molecule has 16 heteroatoms. The lowest BCUT2D eigenvalue weighted by atomic mass is 9.85. The predicted molar refractivity (Wildman–Crippen MR) is 175 cm³/mol. The molecule has 3 saturated heterocycles. The average Bonchev–Trinajstić information content (AvgIpc) is 3.32. The van der Waals surface area contributed by atoms with Crippen molar-refractivity contribution in [1.82, 2.24) is 37.0 Å². The van der Waals surface area contributed by atoms with E-state index in [0.29, 0.717) is 25.7 Å². The van der Waals surface area contributed by atoms with E-state index in [4.69, 9.17) is 26.2 Å². The Balaban J connectivity index is 1.32. The van der Waals surface area contributed by atoms with Crippen molar-refractivity contribution in [3.63, 3.8) is 0 Å². The number of aliphatic hydroxyl groups is 1. The Labute approximate surface area is 287 Å². The van der Waals surface area contributed by atoms with E-state index >= 15 is 0 Å². The van der Waals surface area contributed by atoms with E-state index in [9.17, 15) is 24.3 Å². The molecule has 2 aliphatic carbocycles. The molecule has 5 aliphatic rings. The van der Waals surface area contributed by atoms with E-state index in [-0.39, 0.29) is 61.7 Å². The quantitative estimate of drug-likeness (QED) is 0.190. The largest absolute Gasteiger partial charge is 0.479 e. The van der Waals surface area contributed by atoms with E-state index in [2.05, 4.69) is 27.0 Å². The summed E-state index contributed by atoms with van der Waals surface area (Å²) in [7, 11) is 0. The number of aliphatic hydroxyl groups excluding tert-OH is 1. The first-order valence-corrected chi connectivity index (χ1v) is 18.0. The van der Waals surface area contributed by atoms with Crippen molar-refractivity contribution in [2.24, 2.45) is 11.8 Å². The second-order valence-electron chi connectivity index (χ2n) is 15.1. The minimum absolute atomic E-state index is 0.0518. The summed E-state index contributed by atoms with van der Waals surface area (Å²) < 4.78 is 11.2. The Bertz CT molecular complexity index is 1180. The van der Waals surface area contributed by atoms with Gasteiger partial charge in [0.1, 0.15) is 23.2 Å². The number of aliphatic carboxylic acids is 1. The number of alkyl halides is 1. The monoisotopic (exact) mass is 699 g/mol. The number of fused-ring (bicyclic) bond motifs is 2. The summed E-state index contributed by atoms with van der Waals surface area (Å²) in [5.41, 5.74) is 7.81. The number of carbonyl (C=O) groups excluding carboxylic acids is 3. The van der Waals surface area contributed by atoms with Gasteiger partial charge in [-0.3, -0.25) is 9.59 Å². The maximum Gasteiger partial charge on any atom is 0.408 e. The number of carbonyl (C=O) groups is 4. The number of hydrogen-bond acceptors (Lipinski definition) is 11. The Kier molecular flexibility index (Phi) is 12.1. The van der Waals surface area contributed by atoms with Gasteiger partial charge in [0.15, 0.2) is 0 Å². The van der Waals surface area contributed by atoms with Crippen LogP contribution in [0.15, 0.2) is 0 Å². The van der Waals surface area contributed by atoms with E-state index in [0.717, 1.165) is 44.9 Å². The summed E-state index contributed by atoms with van der Waals surface area (Å²) >= 11 is 6.65. The zero-order valence-electron chi connectivity index (χ0n) is 28.3. The minimum atomic E-state index is -1.33. The van der Waals surface area contributed by atoms with Crippen molar-refractivity contribution < 1.29 is 38.9 Å². The third kappa shape index (κ3) is 8.90. The number of halogens is 1. The highest BCUT2D eigenvalue weighted by molar-refractivity contribution is 6.21. The zero-order valence-corrected chi connectivity index (χ0v) is 29.1. The van der Waals surface area contributed by atoms with Crippen LogP contribution in [0.4, 0.5) is 4.79 Å². The fourth-order valence-electron chi connectivity index (χ4n) is 7.71. The topological polar surface area (TPSA) is 194 Å². The summed E-state index contributed by atoms with van der Waals surface area (Å²) in [5.74, 6) is -1.93. The highest BCUT2D eigenvalue weighted by Crippen LogP contribution is 2.47. The number of ether oxygens (including phenoxy) is 2. The summed E-state index contributed by atoms with van der Waals surface area (Å²) in [5, 5.41) is 26.5. The zero-order chi connectivity index (χ0) is 34.6. The van der Waals surface area contributed by atoms with Crippen molar-refractivity contribution in [2.45, 2.75) is 145 Å². The van der Waals surface area contributed by atoms with Crippen LogP contribution in [0, 0.1) is 11.8 Å². The van der Waals surface area contributed by atoms with Gasteiger partial charge in [-0.15, -0.1) is 11.6 Å². The molecule has 48 heavy (non-hydrogen) atoms. The molecule has 3 amide bonds. The fraction of sp³-hybridized carbons (Fsp3) is 0.875. The van der Waals surface area contributed by atoms with E-state index in [1.54, 1.807) is 25.9 Å². The van der Waals surface area contributed by atoms with Crippen molar-refractivity contribution in [3.8, 4) is 0 Å². The van der Waals surface area contributed by atoms with Crippen LogP contribution in [0.3, 0.4) is 0 Å². The van der Waals surface area contributed by atoms with Gasteiger partial charge in [0.2, 0.25) is 11.8 Å². The second-order valence-corrected chi connectivity index (χ2v) is 15.6. The Hall–Kier alpha value is -2.27. The first kappa shape index (κ1) is 37.0. The molecule has 5 unspecified atom stereocenters. The number of nitrogens with one attached hydrogen (secondary N) is 5. The summed E-state index contributed by atoms with van der Waals surface area (Å²) in [6, 6.07) is -2.20. The van der Waals surface area contributed by atoms with Crippen molar-refractivity contribution in [1.29, 1.82) is 0 Å².